The number of aryl methyl sites for hydroxylation is 1. The minimum absolute atomic E-state index is 0.274. The van der Waals surface area contributed by atoms with Crippen molar-refractivity contribution in [1.29, 1.82) is 0 Å². The van der Waals surface area contributed by atoms with Crippen LogP contribution in [-0.4, -0.2) is 5.91 Å². The first-order chi connectivity index (χ1) is 8.58. The van der Waals surface area contributed by atoms with Crippen LogP contribution in [0, 0.1) is 6.92 Å². The van der Waals surface area contributed by atoms with Gasteiger partial charge < -0.3 is 15.5 Å². The number of benzene rings is 1. The Morgan fingerprint density at radius 3 is 2.83 bits per heavy atom. The zero-order chi connectivity index (χ0) is 13.1. The molecule has 0 atom stereocenters. The van der Waals surface area contributed by atoms with Crippen molar-refractivity contribution in [2.45, 2.75) is 13.5 Å². The number of halogens is 1. The predicted octanol–water partition coefficient (Wildman–Crippen LogP) is 2.75. The molecule has 94 valence electrons. The lowest BCUT2D eigenvalue weighted by Gasteiger charge is -2.07. The van der Waals surface area contributed by atoms with E-state index < -0.39 is 0 Å². The molecule has 3 N–H and O–H groups in total. The first-order valence-electron chi connectivity index (χ1n) is 5.45. The van der Waals surface area contributed by atoms with Crippen molar-refractivity contribution in [3.8, 4) is 0 Å². The van der Waals surface area contributed by atoms with E-state index in [9.17, 15) is 4.79 Å². The normalized spacial score (nSPS) is 10.3. The summed E-state index contributed by atoms with van der Waals surface area (Å²) in [5.41, 5.74) is 6.39. The van der Waals surface area contributed by atoms with E-state index in [1.54, 1.807) is 18.2 Å². The molecule has 1 aromatic heterocycles. The average Bonchev–Trinajstić information content (AvgIpc) is 2.76. The standard InChI is InChI=1S/C13H13ClN2O2/c1-8-5-6-9(18-8)7-16-13(17)10-3-2-4-11(14)12(10)15/h2-6H,7,15H2,1H3,(H,16,17). The third-order valence-corrected chi connectivity index (χ3v) is 2.85. The molecule has 1 aromatic carbocycles. The zero-order valence-corrected chi connectivity index (χ0v) is 10.6. The van der Waals surface area contributed by atoms with E-state index in [0.29, 0.717) is 22.9 Å². The third kappa shape index (κ3) is 2.65. The highest BCUT2D eigenvalue weighted by Crippen LogP contribution is 2.22. The van der Waals surface area contributed by atoms with Crippen molar-refractivity contribution in [1.82, 2.24) is 5.32 Å². The van der Waals surface area contributed by atoms with E-state index in [0.717, 1.165) is 5.76 Å². The van der Waals surface area contributed by atoms with Gasteiger partial charge in [-0.05, 0) is 31.2 Å². The molecule has 0 fully saturated rings. The molecule has 0 bridgehead atoms. The molecule has 0 unspecified atom stereocenters. The second-order valence-electron chi connectivity index (χ2n) is 3.90. The van der Waals surface area contributed by atoms with Gasteiger partial charge in [0.05, 0.1) is 22.8 Å². The Kier molecular flexibility index (Phi) is 3.58. The summed E-state index contributed by atoms with van der Waals surface area (Å²) < 4.78 is 5.35. The molecule has 2 aromatic rings. The summed E-state index contributed by atoms with van der Waals surface area (Å²) in [5.74, 6) is 1.23. The molecule has 4 nitrogen and oxygen atoms in total. The summed E-state index contributed by atoms with van der Waals surface area (Å²) >= 11 is 5.85. The lowest BCUT2D eigenvalue weighted by molar-refractivity contribution is 0.0949. The molecule has 0 saturated heterocycles. The van der Waals surface area contributed by atoms with Gasteiger partial charge in [-0.2, -0.15) is 0 Å². The van der Waals surface area contributed by atoms with Gasteiger partial charge in [0.25, 0.3) is 5.91 Å². The van der Waals surface area contributed by atoms with Crippen molar-refractivity contribution in [3.05, 3.63) is 52.4 Å². The predicted molar refractivity (Wildman–Crippen MR) is 70.5 cm³/mol. The number of rotatable bonds is 3. The Labute approximate surface area is 110 Å². The zero-order valence-electron chi connectivity index (χ0n) is 9.87. The van der Waals surface area contributed by atoms with Gasteiger partial charge in [0.15, 0.2) is 0 Å². The maximum atomic E-state index is 11.9. The van der Waals surface area contributed by atoms with Gasteiger partial charge in [-0.15, -0.1) is 0 Å². The molecule has 0 saturated carbocycles. The Bertz CT molecular complexity index is 578. The monoisotopic (exact) mass is 264 g/mol. The largest absolute Gasteiger partial charge is 0.465 e. The number of para-hydroxylation sites is 1. The molecule has 0 aliphatic heterocycles. The summed E-state index contributed by atoms with van der Waals surface area (Å²) in [7, 11) is 0. The van der Waals surface area contributed by atoms with Gasteiger partial charge in [-0.3, -0.25) is 4.79 Å². The maximum absolute atomic E-state index is 11.9. The quantitative estimate of drug-likeness (QED) is 0.838. The van der Waals surface area contributed by atoms with Gasteiger partial charge >= 0.3 is 0 Å². The molecular formula is C13H13ClN2O2. The minimum Gasteiger partial charge on any atom is -0.465 e. The van der Waals surface area contributed by atoms with Crippen molar-refractivity contribution in [3.63, 3.8) is 0 Å². The molecule has 2 rings (SSSR count). The van der Waals surface area contributed by atoms with Crippen LogP contribution in [0.2, 0.25) is 5.02 Å². The summed E-state index contributed by atoms with van der Waals surface area (Å²) in [6.07, 6.45) is 0. The number of carbonyl (C=O) groups is 1. The molecule has 1 heterocycles. The first kappa shape index (κ1) is 12.5. The van der Waals surface area contributed by atoms with Gasteiger partial charge in [-0.1, -0.05) is 17.7 Å². The third-order valence-electron chi connectivity index (χ3n) is 2.52. The van der Waals surface area contributed by atoms with E-state index in [-0.39, 0.29) is 11.6 Å². The smallest absolute Gasteiger partial charge is 0.253 e. The van der Waals surface area contributed by atoms with Crippen LogP contribution in [-0.2, 0) is 6.54 Å². The van der Waals surface area contributed by atoms with Crippen LogP contribution in [0.4, 0.5) is 5.69 Å². The SMILES string of the molecule is Cc1ccc(CNC(=O)c2cccc(Cl)c2N)o1. The second kappa shape index (κ2) is 5.14. The number of amides is 1. The van der Waals surface area contributed by atoms with Crippen LogP contribution in [0.3, 0.4) is 0 Å². The molecule has 0 aliphatic carbocycles. The summed E-state index contributed by atoms with van der Waals surface area (Å²) in [5, 5.41) is 3.10. The number of nitrogen functional groups attached to an aromatic ring is 1. The van der Waals surface area contributed by atoms with Gasteiger partial charge in [-0.25, -0.2) is 0 Å². The molecule has 1 amide bonds. The average molecular weight is 265 g/mol. The number of furan rings is 1. The van der Waals surface area contributed by atoms with E-state index >= 15 is 0 Å². The molecule has 0 spiro atoms. The fraction of sp³-hybridized carbons (Fsp3) is 0.154. The number of anilines is 1. The van der Waals surface area contributed by atoms with Gasteiger partial charge in [0.2, 0.25) is 0 Å². The van der Waals surface area contributed by atoms with E-state index in [1.807, 2.05) is 19.1 Å². The lowest BCUT2D eigenvalue weighted by atomic mass is 10.1. The number of nitrogens with two attached hydrogens (primary N) is 1. The minimum atomic E-state index is -0.274. The summed E-state index contributed by atoms with van der Waals surface area (Å²) in [6, 6.07) is 8.62. The highest BCUT2D eigenvalue weighted by molar-refractivity contribution is 6.33. The highest BCUT2D eigenvalue weighted by Gasteiger charge is 2.11. The van der Waals surface area contributed by atoms with Crippen LogP contribution in [0.5, 0.6) is 0 Å². The topological polar surface area (TPSA) is 68.3 Å². The first-order valence-corrected chi connectivity index (χ1v) is 5.83. The molecule has 5 heteroatoms. The molecular weight excluding hydrogens is 252 g/mol. The summed E-state index contributed by atoms with van der Waals surface area (Å²) in [6.45, 7) is 2.17. The number of hydrogen-bond donors (Lipinski definition) is 2. The Balaban J connectivity index is 2.06. The number of nitrogens with one attached hydrogen (secondary N) is 1. The fourth-order valence-corrected chi connectivity index (χ4v) is 1.75. The second-order valence-corrected chi connectivity index (χ2v) is 4.30. The highest BCUT2D eigenvalue weighted by atomic mass is 35.5. The van der Waals surface area contributed by atoms with E-state index in [1.165, 1.54) is 0 Å². The summed E-state index contributed by atoms with van der Waals surface area (Å²) in [4.78, 5) is 11.9. The van der Waals surface area contributed by atoms with Crippen molar-refractivity contribution in [2.75, 3.05) is 5.73 Å². The van der Waals surface area contributed by atoms with Crippen LogP contribution in [0.15, 0.2) is 34.7 Å². The Morgan fingerprint density at radius 1 is 1.39 bits per heavy atom. The Hall–Kier alpha value is -1.94. The fourth-order valence-electron chi connectivity index (χ4n) is 1.58. The van der Waals surface area contributed by atoms with Crippen molar-refractivity contribution in [2.24, 2.45) is 0 Å². The molecule has 18 heavy (non-hydrogen) atoms. The van der Waals surface area contributed by atoms with Gasteiger partial charge in [0.1, 0.15) is 11.5 Å². The van der Waals surface area contributed by atoms with Crippen LogP contribution in [0.1, 0.15) is 21.9 Å². The molecule has 0 radical (unpaired) electrons. The number of hydrogen-bond acceptors (Lipinski definition) is 3. The van der Waals surface area contributed by atoms with Crippen LogP contribution >= 0.6 is 11.6 Å². The molecule has 0 aliphatic rings. The lowest BCUT2D eigenvalue weighted by Crippen LogP contribution is -2.23. The van der Waals surface area contributed by atoms with E-state index in [4.69, 9.17) is 21.8 Å². The van der Waals surface area contributed by atoms with Crippen molar-refractivity contribution >= 4 is 23.2 Å². The van der Waals surface area contributed by atoms with E-state index in [2.05, 4.69) is 5.32 Å². The van der Waals surface area contributed by atoms with Crippen molar-refractivity contribution < 1.29 is 9.21 Å². The van der Waals surface area contributed by atoms with Crippen LogP contribution in [0.25, 0.3) is 0 Å². The maximum Gasteiger partial charge on any atom is 0.253 e. The number of carbonyl (C=O) groups excluding carboxylic acids is 1. The van der Waals surface area contributed by atoms with Crippen LogP contribution < -0.4 is 11.1 Å². The Morgan fingerprint density at radius 2 is 2.17 bits per heavy atom. The van der Waals surface area contributed by atoms with Gasteiger partial charge in [0, 0.05) is 0 Å².